The summed E-state index contributed by atoms with van der Waals surface area (Å²) in [6.45, 7) is 3.62. The zero-order valence-corrected chi connectivity index (χ0v) is 13.5. The van der Waals surface area contributed by atoms with Crippen LogP contribution in [-0.2, 0) is 4.79 Å². The molecule has 0 unspecified atom stereocenters. The quantitative estimate of drug-likeness (QED) is 0.832. The van der Waals surface area contributed by atoms with Crippen LogP contribution in [0.3, 0.4) is 0 Å². The highest BCUT2D eigenvalue weighted by molar-refractivity contribution is 5.94. The van der Waals surface area contributed by atoms with Crippen molar-refractivity contribution in [3.63, 3.8) is 0 Å². The molecule has 0 radical (unpaired) electrons. The first-order valence-corrected chi connectivity index (χ1v) is 7.89. The van der Waals surface area contributed by atoms with Gasteiger partial charge in [0.2, 0.25) is 5.91 Å². The van der Waals surface area contributed by atoms with E-state index in [9.17, 15) is 14.4 Å². The Kier molecular flexibility index (Phi) is 4.46. The van der Waals surface area contributed by atoms with Crippen LogP contribution in [0, 0.1) is 0 Å². The molecule has 2 amide bonds. The molecule has 2 heterocycles. The minimum absolute atomic E-state index is 0.0275. The van der Waals surface area contributed by atoms with Gasteiger partial charge >= 0.3 is 0 Å². The number of carbonyl (C=O) groups excluding carboxylic acids is 2. The Labute approximate surface area is 139 Å². The van der Waals surface area contributed by atoms with Crippen LogP contribution in [0.15, 0.2) is 53.5 Å². The predicted molar refractivity (Wildman–Crippen MR) is 90.2 cm³/mol. The van der Waals surface area contributed by atoms with Gasteiger partial charge in [0.15, 0.2) is 0 Å². The molecule has 6 nitrogen and oxygen atoms in total. The van der Waals surface area contributed by atoms with E-state index in [4.69, 9.17) is 0 Å². The number of nitrogens with zero attached hydrogens (tertiary/aromatic N) is 3. The van der Waals surface area contributed by atoms with Crippen molar-refractivity contribution in [2.75, 3.05) is 26.2 Å². The molecule has 0 N–H and O–H groups in total. The van der Waals surface area contributed by atoms with Crippen molar-refractivity contribution in [3.05, 3.63) is 64.6 Å². The van der Waals surface area contributed by atoms with E-state index in [1.165, 1.54) is 17.6 Å². The van der Waals surface area contributed by atoms with Crippen molar-refractivity contribution in [2.45, 2.75) is 6.92 Å². The van der Waals surface area contributed by atoms with Crippen molar-refractivity contribution < 1.29 is 9.59 Å². The highest BCUT2D eigenvalue weighted by Crippen LogP contribution is 2.10. The molecular formula is C18H19N3O3. The Bertz CT molecular complexity index is 806. The molecule has 1 aliphatic rings. The maximum Gasteiger partial charge on any atom is 0.255 e. The average Bonchev–Trinajstić information content (AvgIpc) is 2.62. The van der Waals surface area contributed by atoms with Gasteiger partial charge in [-0.05, 0) is 18.2 Å². The summed E-state index contributed by atoms with van der Waals surface area (Å²) in [4.78, 5) is 39.6. The Hall–Kier alpha value is -2.89. The van der Waals surface area contributed by atoms with Crippen LogP contribution in [-0.4, -0.2) is 52.4 Å². The van der Waals surface area contributed by atoms with E-state index in [2.05, 4.69) is 0 Å². The number of hydrogen-bond donors (Lipinski definition) is 0. The van der Waals surface area contributed by atoms with Crippen LogP contribution in [0.2, 0.25) is 0 Å². The van der Waals surface area contributed by atoms with Gasteiger partial charge < -0.3 is 9.80 Å². The first-order valence-electron chi connectivity index (χ1n) is 7.89. The SMILES string of the molecule is CC(=O)N1CCN(C(=O)c2ccc(=O)n(-c3ccccc3)c2)CC1. The fourth-order valence-electron chi connectivity index (χ4n) is 2.81. The summed E-state index contributed by atoms with van der Waals surface area (Å²) in [6, 6.07) is 12.2. The zero-order valence-electron chi connectivity index (χ0n) is 13.5. The number of carbonyl (C=O) groups is 2. The molecule has 124 valence electrons. The Balaban J connectivity index is 1.82. The number of amides is 2. The third-order valence-electron chi connectivity index (χ3n) is 4.20. The Morgan fingerprint density at radius 2 is 1.50 bits per heavy atom. The molecule has 6 heteroatoms. The highest BCUT2D eigenvalue weighted by Gasteiger charge is 2.23. The molecule has 1 fully saturated rings. The first kappa shape index (κ1) is 16.0. The van der Waals surface area contributed by atoms with Gasteiger partial charge in [-0.2, -0.15) is 0 Å². The minimum Gasteiger partial charge on any atom is -0.339 e. The van der Waals surface area contributed by atoms with Gasteiger partial charge in [-0.1, -0.05) is 18.2 Å². The van der Waals surface area contributed by atoms with E-state index >= 15 is 0 Å². The standard InChI is InChI=1S/C18H19N3O3/c1-14(22)19-9-11-20(12-10-19)18(24)15-7-8-17(23)21(13-15)16-5-3-2-4-6-16/h2-8,13H,9-12H2,1H3. The molecule has 0 aliphatic carbocycles. The Morgan fingerprint density at radius 3 is 2.12 bits per heavy atom. The maximum absolute atomic E-state index is 12.7. The highest BCUT2D eigenvalue weighted by atomic mass is 16.2. The van der Waals surface area contributed by atoms with Crippen molar-refractivity contribution in [2.24, 2.45) is 0 Å². The van der Waals surface area contributed by atoms with Crippen LogP contribution >= 0.6 is 0 Å². The molecular weight excluding hydrogens is 306 g/mol. The second-order valence-corrected chi connectivity index (χ2v) is 5.76. The van der Waals surface area contributed by atoms with E-state index < -0.39 is 0 Å². The summed E-state index contributed by atoms with van der Waals surface area (Å²) in [6.07, 6.45) is 1.58. The van der Waals surface area contributed by atoms with Crippen molar-refractivity contribution >= 4 is 11.8 Å². The summed E-state index contributed by atoms with van der Waals surface area (Å²) in [7, 11) is 0. The second-order valence-electron chi connectivity index (χ2n) is 5.76. The third kappa shape index (κ3) is 3.22. The van der Waals surface area contributed by atoms with E-state index in [0.717, 1.165) is 5.69 Å². The lowest BCUT2D eigenvalue weighted by atomic mass is 10.2. The van der Waals surface area contributed by atoms with Gasteiger partial charge in [0.25, 0.3) is 11.5 Å². The fraction of sp³-hybridized carbons (Fsp3) is 0.278. The average molecular weight is 325 g/mol. The van der Waals surface area contributed by atoms with E-state index in [1.807, 2.05) is 30.3 Å². The predicted octanol–water partition coefficient (Wildman–Crippen LogP) is 1.14. The molecule has 2 aromatic rings. The molecule has 1 saturated heterocycles. The van der Waals surface area contributed by atoms with Gasteiger partial charge in [-0.25, -0.2) is 0 Å². The number of para-hydroxylation sites is 1. The van der Waals surface area contributed by atoms with E-state index in [1.54, 1.807) is 22.1 Å². The van der Waals surface area contributed by atoms with Crippen LogP contribution in [0.1, 0.15) is 17.3 Å². The van der Waals surface area contributed by atoms with Crippen LogP contribution in [0.25, 0.3) is 5.69 Å². The number of aromatic nitrogens is 1. The molecule has 1 aromatic heterocycles. The summed E-state index contributed by atoms with van der Waals surface area (Å²) in [5.41, 5.74) is 1.01. The molecule has 1 aromatic carbocycles. The largest absolute Gasteiger partial charge is 0.339 e. The number of hydrogen-bond acceptors (Lipinski definition) is 3. The van der Waals surface area contributed by atoms with Gasteiger partial charge in [0, 0.05) is 51.1 Å². The van der Waals surface area contributed by atoms with Gasteiger partial charge in [-0.15, -0.1) is 0 Å². The molecule has 0 saturated carbocycles. The lowest BCUT2D eigenvalue weighted by Crippen LogP contribution is -2.50. The number of pyridine rings is 1. The molecule has 0 atom stereocenters. The number of piperazine rings is 1. The molecule has 24 heavy (non-hydrogen) atoms. The first-order chi connectivity index (χ1) is 11.6. The summed E-state index contributed by atoms with van der Waals surface area (Å²) in [5.74, 6) is -0.0948. The monoisotopic (exact) mass is 325 g/mol. The topological polar surface area (TPSA) is 62.6 Å². The van der Waals surface area contributed by atoms with E-state index in [-0.39, 0.29) is 17.4 Å². The molecule has 3 rings (SSSR count). The number of benzene rings is 1. The normalized spacial score (nSPS) is 14.5. The van der Waals surface area contributed by atoms with E-state index in [0.29, 0.717) is 31.7 Å². The lowest BCUT2D eigenvalue weighted by Gasteiger charge is -2.34. The van der Waals surface area contributed by atoms with Crippen molar-refractivity contribution in [3.8, 4) is 5.69 Å². The minimum atomic E-state index is -0.181. The molecule has 0 spiro atoms. The number of rotatable bonds is 2. The smallest absolute Gasteiger partial charge is 0.255 e. The van der Waals surface area contributed by atoms with Crippen molar-refractivity contribution in [1.82, 2.24) is 14.4 Å². The zero-order chi connectivity index (χ0) is 17.1. The van der Waals surface area contributed by atoms with Gasteiger partial charge in [-0.3, -0.25) is 19.0 Å². The summed E-state index contributed by atoms with van der Waals surface area (Å²) >= 11 is 0. The fourth-order valence-corrected chi connectivity index (χ4v) is 2.81. The third-order valence-corrected chi connectivity index (χ3v) is 4.20. The van der Waals surface area contributed by atoms with Crippen LogP contribution < -0.4 is 5.56 Å². The molecule has 0 bridgehead atoms. The van der Waals surface area contributed by atoms with Gasteiger partial charge in [0.05, 0.1) is 5.56 Å². The lowest BCUT2D eigenvalue weighted by molar-refractivity contribution is -0.130. The Morgan fingerprint density at radius 1 is 0.875 bits per heavy atom. The van der Waals surface area contributed by atoms with Crippen LogP contribution in [0.4, 0.5) is 0 Å². The van der Waals surface area contributed by atoms with Crippen molar-refractivity contribution in [1.29, 1.82) is 0 Å². The maximum atomic E-state index is 12.7. The molecule has 1 aliphatic heterocycles. The summed E-state index contributed by atoms with van der Waals surface area (Å²) < 4.78 is 1.47. The second kappa shape index (κ2) is 6.70. The van der Waals surface area contributed by atoms with Crippen LogP contribution in [0.5, 0.6) is 0 Å². The summed E-state index contributed by atoms with van der Waals surface area (Å²) in [5, 5.41) is 0. The van der Waals surface area contributed by atoms with Gasteiger partial charge in [0.1, 0.15) is 0 Å².